The highest BCUT2D eigenvalue weighted by Crippen LogP contribution is 2.01. The van der Waals surface area contributed by atoms with Crippen LogP contribution >= 0.6 is 0 Å². The molecular weight excluding hydrogens is 276 g/mol. The van der Waals surface area contributed by atoms with Gasteiger partial charge in [-0.1, -0.05) is 6.92 Å². The highest BCUT2D eigenvalue weighted by molar-refractivity contribution is 5.93. The van der Waals surface area contributed by atoms with E-state index in [1.54, 1.807) is 0 Å². The van der Waals surface area contributed by atoms with Gasteiger partial charge in [0.25, 0.3) is 5.91 Å². The van der Waals surface area contributed by atoms with Crippen molar-refractivity contribution in [3.8, 4) is 0 Å². The van der Waals surface area contributed by atoms with Gasteiger partial charge in [-0.05, 0) is 6.42 Å². The van der Waals surface area contributed by atoms with Crippen molar-refractivity contribution in [1.82, 2.24) is 30.5 Å². The Bertz CT molecular complexity index is 606. The number of carbonyl (C=O) groups excluding carboxylic acids is 1. The number of aromatic amines is 2. The van der Waals surface area contributed by atoms with Crippen LogP contribution < -0.4 is 5.32 Å². The Balaban J connectivity index is 2.01. The molecule has 0 fully saturated rings. The smallest absolute Gasteiger partial charge is 0.326 e. The average molecular weight is 292 g/mol. The van der Waals surface area contributed by atoms with Crippen molar-refractivity contribution in [3.63, 3.8) is 0 Å². The van der Waals surface area contributed by atoms with Crippen molar-refractivity contribution >= 4 is 11.9 Å². The molecule has 112 valence electrons. The molecule has 2 heterocycles. The molecule has 1 atom stereocenters. The maximum absolute atomic E-state index is 12.0. The highest BCUT2D eigenvalue weighted by Gasteiger charge is 2.23. The van der Waals surface area contributed by atoms with Crippen LogP contribution in [0.5, 0.6) is 0 Å². The Kier molecular flexibility index (Phi) is 4.64. The number of hydrogen-bond acceptors (Lipinski definition) is 5. The van der Waals surface area contributed by atoms with Crippen LogP contribution in [0, 0.1) is 0 Å². The standard InChI is InChI=1S/C12H16N6O3/c1-2-3-9-16-10(18-17-9)11(19)15-8(12(20)21)4-7-5-13-6-14-7/h5-6,8H,2-4H2,1H3,(H,13,14)(H,15,19)(H,20,21)(H,16,17,18)/t8-/m0/s1. The van der Waals surface area contributed by atoms with E-state index in [1.807, 2.05) is 6.92 Å². The quantitative estimate of drug-likeness (QED) is 0.562. The number of carboxylic acid groups (broad SMARTS) is 1. The van der Waals surface area contributed by atoms with Gasteiger partial charge in [0.05, 0.1) is 6.33 Å². The van der Waals surface area contributed by atoms with E-state index in [2.05, 4.69) is 30.5 Å². The number of nitrogens with zero attached hydrogens (tertiary/aromatic N) is 3. The fourth-order valence-electron chi connectivity index (χ4n) is 1.78. The molecule has 9 nitrogen and oxygen atoms in total. The maximum atomic E-state index is 12.0. The number of aryl methyl sites for hydroxylation is 1. The summed E-state index contributed by atoms with van der Waals surface area (Å²) in [6, 6.07) is -1.08. The fourth-order valence-corrected chi connectivity index (χ4v) is 1.78. The van der Waals surface area contributed by atoms with Crippen LogP contribution in [-0.4, -0.2) is 48.2 Å². The van der Waals surface area contributed by atoms with Crippen LogP contribution in [-0.2, 0) is 17.6 Å². The van der Waals surface area contributed by atoms with Gasteiger partial charge in [-0.15, -0.1) is 5.10 Å². The van der Waals surface area contributed by atoms with Gasteiger partial charge in [-0.3, -0.25) is 9.89 Å². The molecule has 9 heteroatoms. The monoisotopic (exact) mass is 292 g/mol. The molecule has 0 bridgehead atoms. The topological polar surface area (TPSA) is 137 Å². The zero-order valence-corrected chi connectivity index (χ0v) is 11.5. The summed E-state index contributed by atoms with van der Waals surface area (Å²) in [5.74, 6) is -1.22. The third-order valence-electron chi connectivity index (χ3n) is 2.80. The lowest BCUT2D eigenvalue weighted by Crippen LogP contribution is -2.42. The lowest BCUT2D eigenvalue weighted by molar-refractivity contribution is -0.139. The van der Waals surface area contributed by atoms with Crippen molar-refractivity contribution in [3.05, 3.63) is 29.9 Å². The molecule has 0 aromatic carbocycles. The summed E-state index contributed by atoms with van der Waals surface area (Å²) in [4.78, 5) is 33.8. The minimum atomic E-state index is -1.14. The molecular formula is C12H16N6O3. The number of imidazole rings is 1. The van der Waals surface area contributed by atoms with E-state index in [4.69, 9.17) is 5.11 Å². The number of hydrogen-bond donors (Lipinski definition) is 4. The van der Waals surface area contributed by atoms with E-state index in [0.29, 0.717) is 17.9 Å². The summed E-state index contributed by atoms with van der Waals surface area (Å²) in [7, 11) is 0. The molecule has 4 N–H and O–H groups in total. The van der Waals surface area contributed by atoms with E-state index in [0.717, 1.165) is 6.42 Å². The summed E-state index contributed by atoms with van der Waals surface area (Å²) >= 11 is 0. The number of carbonyl (C=O) groups is 2. The largest absolute Gasteiger partial charge is 0.480 e. The minimum Gasteiger partial charge on any atom is -0.480 e. The van der Waals surface area contributed by atoms with Gasteiger partial charge in [0.2, 0.25) is 5.82 Å². The number of rotatable bonds is 7. The Morgan fingerprint density at radius 2 is 2.29 bits per heavy atom. The number of carboxylic acids is 1. The predicted molar refractivity (Wildman–Crippen MR) is 71.6 cm³/mol. The van der Waals surface area contributed by atoms with E-state index >= 15 is 0 Å². The zero-order chi connectivity index (χ0) is 15.2. The second-order valence-electron chi connectivity index (χ2n) is 4.50. The lowest BCUT2D eigenvalue weighted by atomic mass is 10.1. The molecule has 0 aliphatic heterocycles. The van der Waals surface area contributed by atoms with Crippen LogP contribution in [0.25, 0.3) is 0 Å². The first-order valence-electron chi connectivity index (χ1n) is 6.52. The van der Waals surface area contributed by atoms with Crippen molar-refractivity contribution in [2.75, 3.05) is 0 Å². The molecule has 0 saturated carbocycles. The number of nitrogens with one attached hydrogen (secondary N) is 3. The molecule has 0 radical (unpaired) electrons. The second kappa shape index (κ2) is 6.64. The Hall–Kier alpha value is -2.71. The summed E-state index contributed by atoms with van der Waals surface area (Å²) in [5, 5.41) is 18.0. The first-order valence-corrected chi connectivity index (χ1v) is 6.52. The first kappa shape index (κ1) is 14.7. The summed E-state index contributed by atoms with van der Waals surface area (Å²) in [5.41, 5.74) is 0.615. The molecule has 0 aliphatic rings. The summed E-state index contributed by atoms with van der Waals surface area (Å²) in [6.07, 6.45) is 4.61. The molecule has 2 aromatic rings. The number of aromatic nitrogens is 5. The first-order chi connectivity index (χ1) is 10.1. The predicted octanol–water partition coefficient (Wildman–Crippen LogP) is -0.0940. The third kappa shape index (κ3) is 3.88. The Morgan fingerprint density at radius 1 is 1.48 bits per heavy atom. The summed E-state index contributed by atoms with van der Waals surface area (Å²) < 4.78 is 0. The highest BCUT2D eigenvalue weighted by atomic mass is 16.4. The second-order valence-corrected chi connectivity index (χ2v) is 4.50. The SMILES string of the molecule is CCCc1nc(C(=O)N[C@@H](Cc2cnc[nH]2)C(=O)O)n[nH]1. The van der Waals surface area contributed by atoms with Gasteiger partial charge in [0.15, 0.2) is 0 Å². The minimum absolute atomic E-state index is 0.0608. The van der Waals surface area contributed by atoms with E-state index < -0.39 is 17.9 Å². The van der Waals surface area contributed by atoms with Crippen LogP contribution in [0.3, 0.4) is 0 Å². The van der Waals surface area contributed by atoms with Crippen LogP contribution in [0.1, 0.15) is 35.5 Å². The normalized spacial score (nSPS) is 12.0. The van der Waals surface area contributed by atoms with E-state index in [1.165, 1.54) is 12.5 Å². The van der Waals surface area contributed by atoms with Gasteiger partial charge in [0.1, 0.15) is 11.9 Å². The fraction of sp³-hybridized carbons (Fsp3) is 0.417. The van der Waals surface area contributed by atoms with Crippen molar-refractivity contribution in [1.29, 1.82) is 0 Å². The molecule has 0 unspecified atom stereocenters. The Labute approximate surface area is 120 Å². The van der Waals surface area contributed by atoms with Crippen LogP contribution in [0.4, 0.5) is 0 Å². The van der Waals surface area contributed by atoms with Gasteiger partial charge >= 0.3 is 5.97 Å². The van der Waals surface area contributed by atoms with Crippen molar-refractivity contribution in [2.24, 2.45) is 0 Å². The van der Waals surface area contributed by atoms with Crippen LogP contribution in [0.2, 0.25) is 0 Å². The third-order valence-corrected chi connectivity index (χ3v) is 2.80. The van der Waals surface area contributed by atoms with Crippen molar-refractivity contribution < 1.29 is 14.7 Å². The van der Waals surface area contributed by atoms with Gasteiger partial charge in [-0.2, -0.15) is 0 Å². The van der Waals surface area contributed by atoms with E-state index in [9.17, 15) is 9.59 Å². The number of H-pyrrole nitrogens is 2. The Morgan fingerprint density at radius 3 is 2.90 bits per heavy atom. The molecule has 2 aromatic heterocycles. The number of amides is 1. The molecule has 0 saturated heterocycles. The van der Waals surface area contributed by atoms with Gasteiger partial charge < -0.3 is 15.4 Å². The maximum Gasteiger partial charge on any atom is 0.326 e. The van der Waals surface area contributed by atoms with E-state index in [-0.39, 0.29) is 12.2 Å². The summed E-state index contributed by atoms with van der Waals surface area (Å²) in [6.45, 7) is 1.98. The molecule has 1 amide bonds. The number of aliphatic carboxylic acids is 1. The van der Waals surface area contributed by atoms with Gasteiger partial charge in [0, 0.05) is 24.7 Å². The lowest BCUT2D eigenvalue weighted by Gasteiger charge is -2.12. The van der Waals surface area contributed by atoms with Crippen molar-refractivity contribution in [2.45, 2.75) is 32.2 Å². The van der Waals surface area contributed by atoms with Gasteiger partial charge in [-0.25, -0.2) is 14.8 Å². The zero-order valence-electron chi connectivity index (χ0n) is 11.5. The van der Waals surface area contributed by atoms with Crippen LogP contribution in [0.15, 0.2) is 12.5 Å². The molecule has 21 heavy (non-hydrogen) atoms. The molecule has 0 aliphatic carbocycles. The molecule has 0 spiro atoms. The molecule has 2 rings (SSSR count). The average Bonchev–Trinajstić information content (AvgIpc) is 3.09.